The van der Waals surface area contributed by atoms with Gasteiger partial charge in [0, 0.05) is 59.9 Å². The highest BCUT2D eigenvalue weighted by Crippen LogP contribution is 2.35. The largest absolute Gasteiger partial charge is 0.368 e. The zero-order chi connectivity index (χ0) is 27.8. The number of H-pyrrole nitrogens is 2. The maximum absolute atomic E-state index is 12.6. The summed E-state index contributed by atoms with van der Waals surface area (Å²) in [6, 6.07) is 26.6. The number of pyridine rings is 1. The van der Waals surface area contributed by atoms with E-state index < -0.39 is 0 Å². The van der Waals surface area contributed by atoms with Crippen molar-refractivity contribution in [2.45, 2.75) is 6.42 Å². The van der Waals surface area contributed by atoms with Gasteiger partial charge in [-0.15, -0.1) is 0 Å². The molecule has 0 saturated carbocycles. The third kappa shape index (κ3) is 5.05. The number of anilines is 2. The summed E-state index contributed by atoms with van der Waals surface area (Å²) in [5.74, 6) is -0.0718. The van der Waals surface area contributed by atoms with Gasteiger partial charge in [0.1, 0.15) is 5.69 Å². The number of nitrogens with zero attached hydrogens (tertiary/aromatic N) is 4. The number of hydrogen-bond donors (Lipinski definition) is 3. The van der Waals surface area contributed by atoms with Gasteiger partial charge in [-0.2, -0.15) is 5.10 Å². The van der Waals surface area contributed by atoms with Crippen LogP contribution in [0.1, 0.15) is 5.56 Å². The summed E-state index contributed by atoms with van der Waals surface area (Å²) in [5.41, 5.74) is 8.74. The molecule has 1 fully saturated rings. The Kier molecular flexibility index (Phi) is 6.45. The zero-order valence-electron chi connectivity index (χ0n) is 22.9. The molecule has 6 aromatic rings. The lowest BCUT2D eigenvalue weighted by molar-refractivity contribution is -0.115. The minimum atomic E-state index is -0.0718. The maximum atomic E-state index is 12.6. The lowest BCUT2D eigenvalue weighted by Crippen LogP contribution is -2.44. The van der Waals surface area contributed by atoms with Crippen molar-refractivity contribution >= 4 is 39.1 Å². The molecule has 1 amide bonds. The van der Waals surface area contributed by atoms with E-state index in [9.17, 15) is 4.79 Å². The first-order valence-electron chi connectivity index (χ1n) is 13.9. The molecule has 3 N–H and O–H groups in total. The van der Waals surface area contributed by atoms with Gasteiger partial charge < -0.3 is 20.1 Å². The lowest BCUT2D eigenvalue weighted by atomic mass is 10.0. The SMILES string of the molecule is CN1CCN(c2cccc3[nH]c(-c4n[nH]c5ccc(-c6cncc(NC(=O)Cc7ccccc7)c6)cc45)cc23)CC1. The molecule has 0 aliphatic carbocycles. The summed E-state index contributed by atoms with van der Waals surface area (Å²) in [5, 5.41) is 13.1. The second-order valence-corrected chi connectivity index (χ2v) is 10.7. The molecule has 3 aromatic heterocycles. The number of carbonyl (C=O) groups is 1. The molecule has 0 unspecified atom stereocenters. The summed E-state index contributed by atoms with van der Waals surface area (Å²) < 4.78 is 0. The van der Waals surface area contributed by atoms with Crippen LogP contribution in [0.5, 0.6) is 0 Å². The molecule has 0 radical (unpaired) electrons. The second kappa shape index (κ2) is 10.6. The highest BCUT2D eigenvalue weighted by atomic mass is 16.1. The van der Waals surface area contributed by atoms with E-state index in [4.69, 9.17) is 5.10 Å². The molecule has 1 saturated heterocycles. The third-order valence-corrected chi connectivity index (χ3v) is 7.87. The summed E-state index contributed by atoms with van der Waals surface area (Å²) in [6.07, 6.45) is 3.81. The molecule has 1 aliphatic heterocycles. The average molecular weight is 542 g/mol. The van der Waals surface area contributed by atoms with Gasteiger partial charge in [0.25, 0.3) is 0 Å². The van der Waals surface area contributed by atoms with Crippen molar-refractivity contribution < 1.29 is 4.79 Å². The summed E-state index contributed by atoms with van der Waals surface area (Å²) in [4.78, 5) is 25.5. The van der Waals surface area contributed by atoms with Crippen molar-refractivity contribution in [1.29, 1.82) is 0 Å². The average Bonchev–Trinajstić information content (AvgIpc) is 3.62. The molecular weight excluding hydrogens is 510 g/mol. The predicted molar refractivity (Wildman–Crippen MR) is 165 cm³/mol. The third-order valence-electron chi connectivity index (χ3n) is 7.87. The molecule has 41 heavy (non-hydrogen) atoms. The molecule has 4 heterocycles. The summed E-state index contributed by atoms with van der Waals surface area (Å²) in [6.45, 7) is 4.16. The quantitative estimate of drug-likeness (QED) is 0.251. The fraction of sp³-hybridized carbons (Fsp3) is 0.182. The number of aromatic amines is 2. The molecular formula is C33H31N7O. The number of amides is 1. The fourth-order valence-corrected chi connectivity index (χ4v) is 5.64. The topological polar surface area (TPSA) is 92.9 Å². The van der Waals surface area contributed by atoms with E-state index in [0.717, 1.165) is 70.7 Å². The van der Waals surface area contributed by atoms with Crippen LogP contribution in [0.3, 0.4) is 0 Å². The van der Waals surface area contributed by atoms with Gasteiger partial charge in [0.05, 0.1) is 29.5 Å². The molecule has 0 spiro atoms. The molecule has 7 rings (SSSR count). The zero-order valence-corrected chi connectivity index (χ0v) is 22.9. The number of nitrogens with one attached hydrogen (secondary N) is 3. The Hall–Kier alpha value is -4.95. The van der Waals surface area contributed by atoms with Gasteiger partial charge in [-0.05, 0) is 54.6 Å². The van der Waals surface area contributed by atoms with Gasteiger partial charge in [0.2, 0.25) is 5.91 Å². The molecule has 204 valence electrons. The van der Waals surface area contributed by atoms with Crippen molar-refractivity contribution in [3.8, 4) is 22.5 Å². The monoisotopic (exact) mass is 541 g/mol. The van der Waals surface area contributed by atoms with Crippen LogP contribution < -0.4 is 10.2 Å². The highest BCUT2D eigenvalue weighted by Gasteiger charge is 2.19. The van der Waals surface area contributed by atoms with Crippen LogP contribution in [0.25, 0.3) is 44.3 Å². The van der Waals surface area contributed by atoms with Gasteiger partial charge in [-0.3, -0.25) is 14.9 Å². The fourth-order valence-electron chi connectivity index (χ4n) is 5.64. The number of carbonyl (C=O) groups excluding carboxylic acids is 1. The molecule has 8 nitrogen and oxygen atoms in total. The van der Waals surface area contributed by atoms with Crippen LogP contribution in [0, 0.1) is 0 Å². The normalized spacial score (nSPS) is 14.1. The molecule has 1 aliphatic rings. The molecule has 0 bridgehead atoms. The van der Waals surface area contributed by atoms with Crippen molar-refractivity contribution in [1.82, 2.24) is 25.1 Å². The Labute approximate surface area is 238 Å². The first-order chi connectivity index (χ1) is 20.1. The van der Waals surface area contributed by atoms with Crippen LogP contribution >= 0.6 is 0 Å². The number of piperazine rings is 1. The number of hydrogen-bond acceptors (Lipinski definition) is 5. The Balaban J connectivity index is 1.18. The standard InChI is InChI=1S/C33H31N7O/c1-39-12-14-40(15-13-39)31-9-5-8-28-26(31)19-30(36-28)33-27-18-23(10-11-29(27)37-38-33)24-17-25(21-34-20-24)35-32(41)16-22-6-3-2-4-7-22/h2-11,17-21,36H,12-16H2,1H3,(H,35,41)(H,37,38). The van der Waals surface area contributed by atoms with E-state index >= 15 is 0 Å². The van der Waals surface area contributed by atoms with Gasteiger partial charge in [-0.1, -0.05) is 42.5 Å². The van der Waals surface area contributed by atoms with Gasteiger partial charge >= 0.3 is 0 Å². The Morgan fingerprint density at radius 1 is 0.854 bits per heavy atom. The Morgan fingerprint density at radius 3 is 2.56 bits per heavy atom. The van der Waals surface area contributed by atoms with Crippen molar-refractivity contribution in [2.75, 3.05) is 43.4 Å². The van der Waals surface area contributed by atoms with Crippen LogP contribution in [0.15, 0.2) is 91.3 Å². The summed E-state index contributed by atoms with van der Waals surface area (Å²) in [7, 11) is 2.18. The molecule has 3 aromatic carbocycles. The number of fused-ring (bicyclic) bond motifs is 2. The van der Waals surface area contributed by atoms with E-state index in [1.165, 1.54) is 11.1 Å². The maximum Gasteiger partial charge on any atom is 0.228 e. The van der Waals surface area contributed by atoms with Gasteiger partial charge in [0.15, 0.2) is 0 Å². The van der Waals surface area contributed by atoms with Gasteiger partial charge in [-0.25, -0.2) is 0 Å². The van der Waals surface area contributed by atoms with Crippen LogP contribution in [0.4, 0.5) is 11.4 Å². The van der Waals surface area contributed by atoms with Crippen molar-refractivity contribution in [3.05, 3.63) is 96.8 Å². The van der Waals surface area contributed by atoms with E-state index in [1.807, 2.05) is 54.7 Å². The van der Waals surface area contributed by atoms with Crippen LogP contribution in [0.2, 0.25) is 0 Å². The van der Waals surface area contributed by atoms with E-state index in [0.29, 0.717) is 12.1 Å². The Morgan fingerprint density at radius 2 is 1.71 bits per heavy atom. The minimum Gasteiger partial charge on any atom is -0.368 e. The number of likely N-dealkylation sites (N-methyl/N-ethyl adjacent to an activating group) is 1. The van der Waals surface area contributed by atoms with Crippen molar-refractivity contribution in [2.24, 2.45) is 0 Å². The second-order valence-electron chi connectivity index (χ2n) is 10.7. The summed E-state index contributed by atoms with van der Waals surface area (Å²) >= 11 is 0. The first kappa shape index (κ1) is 25.0. The highest BCUT2D eigenvalue weighted by molar-refractivity contribution is 6.01. The van der Waals surface area contributed by atoms with E-state index in [-0.39, 0.29) is 5.91 Å². The van der Waals surface area contributed by atoms with E-state index in [2.05, 4.69) is 67.6 Å². The van der Waals surface area contributed by atoms with Crippen LogP contribution in [-0.4, -0.2) is 64.2 Å². The first-order valence-corrected chi connectivity index (χ1v) is 13.9. The predicted octanol–water partition coefficient (Wildman–Crippen LogP) is 5.71. The van der Waals surface area contributed by atoms with Crippen molar-refractivity contribution in [3.63, 3.8) is 0 Å². The smallest absolute Gasteiger partial charge is 0.228 e. The van der Waals surface area contributed by atoms with E-state index in [1.54, 1.807) is 6.20 Å². The molecule has 8 heteroatoms. The van der Waals surface area contributed by atoms with Crippen LogP contribution in [-0.2, 0) is 11.2 Å². The minimum absolute atomic E-state index is 0.0718. The number of rotatable bonds is 6. The number of benzene rings is 3. The Bertz CT molecular complexity index is 1850. The molecule has 0 atom stereocenters. The lowest BCUT2D eigenvalue weighted by Gasteiger charge is -2.34. The number of aromatic nitrogens is 4.